The third-order valence-electron chi connectivity index (χ3n) is 3.48. The first-order valence-electron chi connectivity index (χ1n) is 7.01. The second-order valence-corrected chi connectivity index (χ2v) is 7.76. The number of nitrogens with one attached hydrogen (secondary N) is 1. The zero-order chi connectivity index (χ0) is 13.7. The molecule has 1 heterocycles. The van der Waals surface area contributed by atoms with Crippen LogP contribution in [0.1, 0.15) is 0 Å². The lowest BCUT2D eigenvalue weighted by molar-refractivity contribution is 0.173. The molecule has 1 aliphatic rings. The maximum atomic E-state index is 6.30. The van der Waals surface area contributed by atoms with Crippen molar-refractivity contribution in [3.63, 3.8) is 0 Å². The summed E-state index contributed by atoms with van der Waals surface area (Å²) in [5, 5.41) is 5.65. The first-order chi connectivity index (χ1) is 9.92. The highest BCUT2D eigenvalue weighted by Gasteiger charge is 2.42. The summed E-state index contributed by atoms with van der Waals surface area (Å²) in [6, 6.07) is 20.7. The van der Waals surface area contributed by atoms with Gasteiger partial charge < -0.3 is 14.2 Å². The van der Waals surface area contributed by atoms with Gasteiger partial charge in [-0.15, -0.1) is 0 Å². The van der Waals surface area contributed by atoms with Crippen LogP contribution < -0.4 is 15.7 Å². The van der Waals surface area contributed by atoms with E-state index in [0.717, 1.165) is 13.1 Å². The standard InChI is InChI=1S/C16H19NO2Si/c1-3-7-15(8-4-1)20(16-9-5-2-6-10-16)18-13-11-17-12-14-19-20/h1-10,17H,11-14H2. The molecule has 104 valence electrons. The first-order valence-corrected chi connectivity index (χ1v) is 8.83. The Morgan fingerprint density at radius 2 is 1.15 bits per heavy atom. The fourth-order valence-electron chi connectivity index (χ4n) is 2.52. The third-order valence-corrected chi connectivity index (χ3v) is 6.88. The predicted molar refractivity (Wildman–Crippen MR) is 82.7 cm³/mol. The van der Waals surface area contributed by atoms with E-state index in [0.29, 0.717) is 13.2 Å². The van der Waals surface area contributed by atoms with Gasteiger partial charge in [0.05, 0.1) is 0 Å². The minimum atomic E-state index is -2.56. The summed E-state index contributed by atoms with van der Waals surface area (Å²) >= 11 is 0. The van der Waals surface area contributed by atoms with Crippen molar-refractivity contribution >= 4 is 18.9 Å². The number of benzene rings is 2. The van der Waals surface area contributed by atoms with Gasteiger partial charge in [-0.05, 0) is 10.4 Å². The topological polar surface area (TPSA) is 30.5 Å². The van der Waals surface area contributed by atoms with Gasteiger partial charge in [0.2, 0.25) is 0 Å². The molecule has 1 saturated heterocycles. The first kappa shape index (κ1) is 13.5. The molecule has 0 aromatic heterocycles. The summed E-state index contributed by atoms with van der Waals surface area (Å²) in [6.07, 6.45) is 0. The van der Waals surface area contributed by atoms with Crippen LogP contribution in [0.5, 0.6) is 0 Å². The Kier molecular flexibility index (Phi) is 4.27. The van der Waals surface area contributed by atoms with E-state index >= 15 is 0 Å². The summed E-state index contributed by atoms with van der Waals surface area (Å²) in [7, 11) is -2.56. The lowest BCUT2D eigenvalue weighted by atomic mass is 10.4. The molecule has 20 heavy (non-hydrogen) atoms. The van der Waals surface area contributed by atoms with Crippen molar-refractivity contribution < 1.29 is 8.85 Å². The van der Waals surface area contributed by atoms with Crippen molar-refractivity contribution in [2.45, 2.75) is 0 Å². The van der Waals surface area contributed by atoms with Gasteiger partial charge in [-0.1, -0.05) is 60.7 Å². The molecule has 1 N–H and O–H groups in total. The van der Waals surface area contributed by atoms with Crippen LogP contribution in [0.3, 0.4) is 0 Å². The Morgan fingerprint density at radius 3 is 1.60 bits per heavy atom. The molecule has 2 aromatic carbocycles. The highest BCUT2D eigenvalue weighted by atomic mass is 28.4. The molecule has 0 amide bonds. The second kappa shape index (κ2) is 6.32. The Morgan fingerprint density at radius 1 is 0.700 bits per heavy atom. The van der Waals surface area contributed by atoms with Crippen LogP contribution in [-0.4, -0.2) is 34.9 Å². The van der Waals surface area contributed by atoms with E-state index in [-0.39, 0.29) is 0 Å². The highest BCUT2D eigenvalue weighted by Crippen LogP contribution is 2.10. The highest BCUT2D eigenvalue weighted by molar-refractivity contribution is 6.92. The molecule has 0 bridgehead atoms. The third kappa shape index (κ3) is 2.69. The van der Waals surface area contributed by atoms with Gasteiger partial charge >= 0.3 is 8.56 Å². The maximum absolute atomic E-state index is 6.30. The lowest BCUT2D eigenvalue weighted by Crippen LogP contribution is -2.65. The molecular formula is C16H19NO2Si. The second-order valence-electron chi connectivity index (χ2n) is 4.80. The number of rotatable bonds is 2. The van der Waals surface area contributed by atoms with Crippen molar-refractivity contribution in [3.8, 4) is 0 Å². The van der Waals surface area contributed by atoms with E-state index in [1.165, 1.54) is 10.4 Å². The summed E-state index contributed by atoms with van der Waals surface area (Å²) in [5.74, 6) is 0. The molecule has 3 nitrogen and oxygen atoms in total. The molecule has 2 aromatic rings. The van der Waals surface area contributed by atoms with Crippen LogP contribution in [0.2, 0.25) is 0 Å². The van der Waals surface area contributed by atoms with Crippen LogP contribution in [0.15, 0.2) is 60.7 Å². The molecule has 0 saturated carbocycles. The van der Waals surface area contributed by atoms with Gasteiger partial charge in [-0.2, -0.15) is 0 Å². The van der Waals surface area contributed by atoms with Gasteiger partial charge in [0.15, 0.2) is 0 Å². The molecule has 0 unspecified atom stereocenters. The molecule has 1 aliphatic heterocycles. The van der Waals surface area contributed by atoms with Gasteiger partial charge in [-0.3, -0.25) is 0 Å². The number of hydrogen-bond acceptors (Lipinski definition) is 3. The lowest BCUT2D eigenvalue weighted by Gasteiger charge is -2.33. The largest absolute Gasteiger partial charge is 0.407 e. The van der Waals surface area contributed by atoms with Crippen LogP contribution >= 0.6 is 0 Å². The monoisotopic (exact) mass is 285 g/mol. The fraction of sp³-hybridized carbons (Fsp3) is 0.250. The van der Waals surface area contributed by atoms with Crippen LogP contribution in [0.4, 0.5) is 0 Å². The van der Waals surface area contributed by atoms with Crippen LogP contribution in [0, 0.1) is 0 Å². The smallest absolute Gasteiger partial charge is 0.386 e. The van der Waals surface area contributed by atoms with E-state index in [2.05, 4.69) is 53.8 Å². The molecule has 0 spiro atoms. The Bertz CT molecular complexity index is 483. The zero-order valence-electron chi connectivity index (χ0n) is 11.4. The van der Waals surface area contributed by atoms with Crippen molar-refractivity contribution in [2.75, 3.05) is 26.3 Å². The van der Waals surface area contributed by atoms with Crippen molar-refractivity contribution in [1.82, 2.24) is 5.32 Å². The van der Waals surface area contributed by atoms with Gasteiger partial charge in [0.1, 0.15) is 0 Å². The minimum absolute atomic E-state index is 0.677. The SMILES string of the molecule is c1ccc([Si]2(c3ccccc3)OCCNCCO2)cc1. The molecule has 4 heteroatoms. The van der Waals surface area contributed by atoms with E-state index in [9.17, 15) is 0 Å². The van der Waals surface area contributed by atoms with Gasteiger partial charge in [0, 0.05) is 26.3 Å². The van der Waals surface area contributed by atoms with E-state index in [4.69, 9.17) is 8.85 Å². The Hall–Kier alpha value is -1.46. The fourth-order valence-corrected chi connectivity index (χ4v) is 5.64. The van der Waals surface area contributed by atoms with Crippen LogP contribution in [0.25, 0.3) is 0 Å². The Balaban J connectivity index is 2.06. The normalized spacial score (nSPS) is 19.0. The molecule has 3 rings (SSSR count). The summed E-state index contributed by atoms with van der Waals surface area (Å²) < 4.78 is 12.6. The number of hydrogen-bond donors (Lipinski definition) is 1. The molecular weight excluding hydrogens is 266 g/mol. The van der Waals surface area contributed by atoms with Crippen molar-refractivity contribution in [3.05, 3.63) is 60.7 Å². The van der Waals surface area contributed by atoms with Gasteiger partial charge in [0.25, 0.3) is 0 Å². The maximum Gasteiger partial charge on any atom is 0.407 e. The zero-order valence-corrected chi connectivity index (χ0v) is 12.4. The van der Waals surface area contributed by atoms with Crippen LogP contribution in [-0.2, 0) is 8.85 Å². The van der Waals surface area contributed by atoms with Gasteiger partial charge in [-0.25, -0.2) is 0 Å². The molecule has 1 fully saturated rings. The molecule has 0 radical (unpaired) electrons. The molecule has 0 atom stereocenters. The minimum Gasteiger partial charge on any atom is -0.386 e. The predicted octanol–water partition coefficient (Wildman–Crippen LogP) is 0.879. The van der Waals surface area contributed by atoms with E-state index in [1.54, 1.807) is 0 Å². The van der Waals surface area contributed by atoms with E-state index in [1.807, 2.05) is 12.1 Å². The molecule has 0 aliphatic carbocycles. The van der Waals surface area contributed by atoms with Crippen molar-refractivity contribution in [2.24, 2.45) is 0 Å². The average molecular weight is 285 g/mol. The quantitative estimate of drug-likeness (QED) is 0.831. The Labute approximate surface area is 120 Å². The van der Waals surface area contributed by atoms with Crippen molar-refractivity contribution in [1.29, 1.82) is 0 Å². The summed E-state index contributed by atoms with van der Waals surface area (Å²) in [6.45, 7) is 3.10. The summed E-state index contributed by atoms with van der Waals surface area (Å²) in [4.78, 5) is 0. The average Bonchev–Trinajstić information content (AvgIpc) is 2.49. The summed E-state index contributed by atoms with van der Waals surface area (Å²) in [5.41, 5.74) is 0. The van der Waals surface area contributed by atoms with E-state index < -0.39 is 8.56 Å².